The molecule has 0 spiro atoms. The topological polar surface area (TPSA) is 44.2 Å². The van der Waals surface area contributed by atoms with Crippen LogP contribution in [0.15, 0.2) is 49.3 Å². The van der Waals surface area contributed by atoms with Gasteiger partial charge in [0.25, 0.3) is 0 Å². The molecule has 5 heteroatoms. The summed E-state index contributed by atoms with van der Waals surface area (Å²) in [5, 5.41) is 0. The Morgan fingerprint density at radius 3 is 2.67 bits per heavy atom. The van der Waals surface area contributed by atoms with Crippen LogP contribution in [0.3, 0.4) is 0 Å². The first kappa shape index (κ1) is 23.7. The van der Waals surface area contributed by atoms with Gasteiger partial charge < -0.3 is 9.47 Å². The molecule has 4 nitrogen and oxygen atoms in total. The first-order chi connectivity index (χ1) is 14.6. The predicted octanol–water partition coefficient (Wildman–Crippen LogP) is 6.63. The van der Waals surface area contributed by atoms with Crippen molar-refractivity contribution in [2.75, 3.05) is 13.2 Å². The average Bonchev–Trinajstić information content (AvgIpc) is 2.76. The number of hydrogen-bond donors (Lipinski definition) is 0. The van der Waals surface area contributed by atoms with E-state index in [9.17, 15) is 4.39 Å². The summed E-state index contributed by atoms with van der Waals surface area (Å²) < 4.78 is 25.5. The molecule has 0 amide bonds. The lowest BCUT2D eigenvalue weighted by molar-refractivity contribution is 0.0566. The van der Waals surface area contributed by atoms with Gasteiger partial charge in [-0.3, -0.25) is 0 Å². The fourth-order valence-electron chi connectivity index (χ4n) is 2.97. The summed E-state index contributed by atoms with van der Waals surface area (Å²) in [7, 11) is 0. The highest BCUT2D eigenvalue weighted by molar-refractivity contribution is 5.63. The summed E-state index contributed by atoms with van der Waals surface area (Å²) in [6.45, 7) is 9.11. The van der Waals surface area contributed by atoms with Gasteiger partial charge >= 0.3 is 0 Å². The number of aromatic nitrogens is 2. The van der Waals surface area contributed by atoms with Gasteiger partial charge in [-0.15, -0.1) is 0 Å². The minimum Gasteiger partial charge on any atom is -0.489 e. The van der Waals surface area contributed by atoms with Crippen LogP contribution in [0, 0.1) is 5.82 Å². The van der Waals surface area contributed by atoms with Crippen molar-refractivity contribution in [3.63, 3.8) is 0 Å². The monoisotopic (exact) mass is 412 g/mol. The number of nitrogens with zero attached hydrogens (tertiary/aromatic N) is 2. The number of unbranched alkanes of at least 4 members (excludes halogenated alkanes) is 3. The van der Waals surface area contributed by atoms with Crippen LogP contribution in [-0.2, 0) is 4.74 Å². The van der Waals surface area contributed by atoms with Crippen LogP contribution in [0.25, 0.3) is 17.2 Å². The molecule has 1 heterocycles. The number of benzene rings is 1. The Balaban J connectivity index is 1.78. The van der Waals surface area contributed by atoms with E-state index in [1.165, 1.54) is 18.9 Å². The van der Waals surface area contributed by atoms with E-state index in [0.29, 0.717) is 35.4 Å². The van der Waals surface area contributed by atoms with Crippen molar-refractivity contribution in [2.45, 2.75) is 58.5 Å². The van der Waals surface area contributed by atoms with Gasteiger partial charge in [0.1, 0.15) is 18.2 Å². The number of allylic oxidation sites excluding steroid dienone is 1. The minimum absolute atomic E-state index is 0.300. The van der Waals surface area contributed by atoms with E-state index in [-0.39, 0.29) is 5.82 Å². The van der Waals surface area contributed by atoms with Crippen LogP contribution in [0.1, 0.15) is 58.2 Å². The van der Waals surface area contributed by atoms with Crippen molar-refractivity contribution >= 4 is 6.08 Å². The fraction of sp³-hybridized carbons (Fsp3) is 0.440. The molecule has 0 N–H and O–H groups in total. The third kappa shape index (κ3) is 8.46. The maximum atomic E-state index is 14.3. The second-order valence-corrected chi connectivity index (χ2v) is 7.29. The molecule has 0 radical (unpaired) electrons. The van der Waals surface area contributed by atoms with Gasteiger partial charge in [0.05, 0.1) is 6.10 Å². The Morgan fingerprint density at radius 2 is 1.97 bits per heavy atom. The largest absolute Gasteiger partial charge is 0.489 e. The molecule has 1 aromatic carbocycles. The van der Waals surface area contributed by atoms with E-state index in [4.69, 9.17) is 9.47 Å². The van der Waals surface area contributed by atoms with Crippen molar-refractivity contribution < 1.29 is 13.9 Å². The van der Waals surface area contributed by atoms with Gasteiger partial charge in [0, 0.05) is 36.2 Å². The smallest absolute Gasteiger partial charge is 0.151 e. The summed E-state index contributed by atoms with van der Waals surface area (Å²) in [6.07, 6.45) is 15.8. The Bertz CT molecular complexity index is 790. The van der Waals surface area contributed by atoms with E-state index < -0.39 is 0 Å². The van der Waals surface area contributed by atoms with Gasteiger partial charge in [0.2, 0.25) is 0 Å². The molecule has 0 aliphatic rings. The van der Waals surface area contributed by atoms with E-state index in [2.05, 4.69) is 36.5 Å². The van der Waals surface area contributed by atoms with Crippen molar-refractivity contribution in [1.82, 2.24) is 9.97 Å². The van der Waals surface area contributed by atoms with Gasteiger partial charge in [0.15, 0.2) is 5.82 Å². The number of halogens is 1. The SMILES string of the molecule is C=CCOc1ccc(-c2cnc(C=CCCCC(C)OCCCCC)nc2)c(F)c1. The Kier molecular flexibility index (Phi) is 10.8. The van der Waals surface area contributed by atoms with E-state index in [1.807, 2.05) is 6.08 Å². The van der Waals surface area contributed by atoms with Crippen molar-refractivity contribution in [3.8, 4) is 16.9 Å². The van der Waals surface area contributed by atoms with Gasteiger partial charge in [-0.1, -0.05) is 38.5 Å². The van der Waals surface area contributed by atoms with Crippen LogP contribution in [0.5, 0.6) is 5.75 Å². The van der Waals surface area contributed by atoms with Gasteiger partial charge in [-0.05, 0) is 50.8 Å². The second kappa shape index (κ2) is 13.6. The first-order valence-electron chi connectivity index (χ1n) is 10.8. The lowest BCUT2D eigenvalue weighted by atomic mass is 10.1. The highest BCUT2D eigenvalue weighted by atomic mass is 19.1. The van der Waals surface area contributed by atoms with E-state index in [0.717, 1.165) is 32.3 Å². The standard InChI is InChI=1S/C25H33FN2O2/c1-4-6-10-16-29-20(3)11-8-7-9-12-25-27-18-21(19-28-25)23-14-13-22(17-24(23)26)30-15-5-2/h5,9,12-14,17-20H,2,4,6-8,10-11,15-16H2,1,3H3. The summed E-state index contributed by atoms with van der Waals surface area (Å²) >= 11 is 0. The number of rotatable bonds is 14. The van der Waals surface area contributed by atoms with E-state index in [1.54, 1.807) is 30.6 Å². The molecule has 2 aromatic rings. The Hall–Kier alpha value is -2.53. The first-order valence-corrected chi connectivity index (χ1v) is 10.8. The lowest BCUT2D eigenvalue weighted by Crippen LogP contribution is -2.08. The average molecular weight is 413 g/mol. The maximum absolute atomic E-state index is 14.3. The molecule has 0 aliphatic carbocycles. The number of ether oxygens (including phenoxy) is 2. The number of hydrogen-bond acceptors (Lipinski definition) is 4. The van der Waals surface area contributed by atoms with Crippen LogP contribution in [0.4, 0.5) is 4.39 Å². The molecular weight excluding hydrogens is 379 g/mol. The van der Waals surface area contributed by atoms with Crippen molar-refractivity contribution in [2.24, 2.45) is 0 Å². The minimum atomic E-state index is -0.366. The highest BCUT2D eigenvalue weighted by Gasteiger charge is 2.08. The Morgan fingerprint density at radius 1 is 1.17 bits per heavy atom. The molecule has 0 saturated heterocycles. The van der Waals surface area contributed by atoms with Crippen molar-refractivity contribution in [3.05, 3.63) is 61.0 Å². The van der Waals surface area contributed by atoms with Crippen LogP contribution in [0.2, 0.25) is 0 Å². The summed E-state index contributed by atoms with van der Waals surface area (Å²) in [5.41, 5.74) is 1.08. The summed E-state index contributed by atoms with van der Waals surface area (Å²) in [5.74, 6) is 0.723. The molecule has 1 unspecified atom stereocenters. The van der Waals surface area contributed by atoms with Crippen LogP contribution in [-0.4, -0.2) is 29.3 Å². The van der Waals surface area contributed by atoms with Gasteiger partial charge in [-0.25, -0.2) is 14.4 Å². The molecular formula is C25H33FN2O2. The molecule has 2 rings (SSSR count). The van der Waals surface area contributed by atoms with Crippen LogP contribution < -0.4 is 4.74 Å². The maximum Gasteiger partial charge on any atom is 0.151 e. The summed E-state index contributed by atoms with van der Waals surface area (Å²) in [6, 6.07) is 4.76. The zero-order chi connectivity index (χ0) is 21.6. The second-order valence-electron chi connectivity index (χ2n) is 7.29. The van der Waals surface area contributed by atoms with Crippen molar-refractivity contribution in [1.29, 1.82) is 0 Å². The molecule has 30 heavy (non-hydrogen) atoms. The molecule has 0 saturated carbocycles. The fourth-order valence-corrected chi connectivity index (χ4v) is 2.97. The zero-order valence-electron chi connectivity index (χ0n) is 18.1. The lowest BCUT2D eigenvalue weighted by Gasteiger charge is -2.11. The third-order valence-electron chi connectivity index (χ3n) is 4.69. The zero-order valence-corrected chi connectivity index (χ0v) is 18.1. The Labute approximate surface area is 179 Å². The normalized spacial score (nSPS) is 12.2. The molecule has 162 valence electrons. The quantitative estimate of drug-likeness (QED) is 0.258. The molecule has 0 aliphatic heterocycles. The highest BCUT2D eigenvalue weighted by Crippen LogP contribution is 2.25. The molecule has 1 aromatic heterocycles. The van der Waals surface area contributed by atoms with E-state index >= 15 is 0 Å². The third-order valence-corrected chi connectivity index (χ3v) is 4.69. The van der Waals surface area contributed by atoms with Crippen LogP contribution >= 0.6 is 0 Å². The molecule has 0 bridgehead atoms. The molecule has 1 atom stereocenters. The summed E-state index contributed by atoms with van der Waals surface area (Å²) in [4.78, 5) is 8.65. The molecule has 0 fully saturated rings. The predicted molar refractivity (Wildman–Crippen MR) is 121 cm³/mol. The van der Waals surface area contributed by atoms with Gasteiger partial charge in [-0.2, -0.15) is 0 Å².